The molecule has 3 aromatic rings. The van der Waals surface area contributed by atoms with Crippen molar-refractivity contribution in [3.8, 4) is 22.6 Å². The van der Waals surface area contributed by atoms with Crippen molar-refractivity contribution in [2.24, 2.45) is 5.73 Å². The average Bonchev–Trinajstić information content (AvgIpc) is 3.00. The molecule has 0 saturated carbocycles. The van der Waals surface area contributed by atoms with E-state index in [-0.39, 0.29) is 23.6 Å². The lowest BCUT2D eigenvalue weighted by atomic mass is 9.95. The van der Waals surface area contributed by atoms with Gasteiger partial charge in [-0.1, -0.05) is 18.2 Å². The minimum atomic E-state index is -4.53. The molecule has 24 heavy (non-hydrogen) atoms. The normalized spacial score (nSPS) is 11.7. The Bertz CT molecular complexity index is 929. The molecule has 0 unspecified atom stereocenters. The lowest BCUT2D eigenvalue weighted by molar-refractivity contribution is -0.137. The van der Waals surface area contributed by atoms with Crippen LogP contribution in [0, 0.1) is 0 Å². The van der Waals surface area contributed by atoms with Crippen LogP contribution in [0.5, 0.6) is 0 Å². The van der Waals surface area contributed by atoms with Gasteiger partial charge in [-0.05, 0) is 41.0 Å². The van der Waals surface area contributed by atoms with Gasteiger partial charge in [-0.3, -0.25) is 0 Å². The first kappa shape index (κ1) is 16.0. The molecule has 124 valence electrons. The standard InChI is InChI=1S/C16H12F3N3O2/c17-16(18,19)13-5-4-11(14-21-22-15(23)24-14)7-12(13)10-3-1-2-9(6-10)8-20/h1-7H,8,20H2,(H,22,23). The Labute approximate surface area is 133 Å². The van der Waals surface area contributed by atoms with Crippen molar-refractivity contribution in [3.05, 3.63) is 64.1 Å². The van der Waals surface area contributed by atoms with Gasteiger partial charge in [0.25, 0.3) is 0 Å². The van der Waals surface area contributed by atoms with Crippen LogP contribution in [0.2, 0.25) is 0 Å². The van der Waals surface area contributed by atoms with Crippen LogP contribution in [0.3, 0.4) is 0 Å². The van der Waals surface area contributed by atoms with Crippen molar-refractivity contribution in [2.45, 2.75) is 12.7 Å². The first-order chi connectivity index (χ1) is 11.4. The van der Waals surface area contributed by atoms with E-state index in [0.29, 0.717) is 11.1 Å². The lowest BCUT2D eigenvalue weighted by Crippen LogP contribution is -2.07. The van der Waals surface area contributed by atoms with Gasteiger partial charge in [0.05, 0.1) is 5.56 Å². The number of H-pyrrole nitrogens is 1. The Balaban J connectivity index is 2.21. The first-order valence-electron chi connectivity index (χ1n) is 6.95. The summed E-state index contributed by atoms with van der Waals surface area (Å²) in [4.78, 5) is 11.0. The molecule has 8 heteroatoms. The number of hydrogen-bond acceptors (Lipinski definition) is 4. The number of rotatable bonds is 3. The molecule has 0 amide bonds. The van der Waals surface area contributed by atoms with Crippen LogP contribution >= 0.6 is 0 Å². The number of benzene rings is 2. The highest BCUT2D eigenvalue weighted by molar-refractivity contribution is 5.74. The fourth-order valence-electron chi connectivity index (χ4n) is 2.38. The molecule has 3 N–H and O–H groups in total. The Kier molecular flexibility index (Phi) is 3.98. The van der Waals surface area contributed by atoms with E-state index < -0.39 is 17.5 Å². The fourth-order valence-corrected chi connectivity index (χ4v) is 2.38. The van der Waals surface area contributed by atoms with Crippen LogP contribution in [0.15, 0.2) is 51.7 Å². The number of nitrogens with zero attached hydrogens (tertiary/aromatic N) is 1. The highest BCUT2D eigenvalue weighted by Gasteiger charge is 2.34. The topological polar surface area (TPSA) is 84.9 Å². The lowest BCUT2D eigenvalue weighted by Gasteiger charge is -2.14. The highest BCUT2D eigenvalue weighted by Crippen LogP contribution is 2.39. The van der Waals surface area contributed by atoms with Crippen LogP contribution in [0.4, 0.5) is 13.2 Å². The van der Waals surface area contributed by atoms with Gasteiger partial charge < -0.3 is 10.2 Å². The Morgan fingerprint density at radius 3 is 2.54 bits per heavy atom. The molecule has 0 aliphatic heterocycles. The molecule has 0 fully saturated rings. The molecular formula is C16H12F3N3O2. The first-order valence-corrected chi connectivity index (χ1v) is 6.95. The smallest absolute Gasteiger partial charge is 0.388 e. The highest BCUT2D eigenvalue weighted by atomic mass is 19.4. The molecule has 0 atom stereocenters. The zero-order valence-corrected chi connectivity index (χ0v) is 12.2. The van der Waals surface area contributed by atoms with Gasteiger partial charge >= 0.3 is 11.9 Å². The second-order valence-electron chi connectivity index (χ2n) is 5.08. The minimum Gasteiger partial charge on any atom is -0.388 e. The van der Waals surface area contributed by atoms with Gasteiger partial charge in [-0.15, -0.1) is 5.10 Å². The predicted molar refractivity (Wildman–Crippen MR) is 80.9 cm³/mol. The Morgan fingerprint density at radius 2 is 1.92 bits per heavy atom. The van der Waals surface area contributed by atoms with Gasteiger partial charge in [-0.25, -0.2) is 9.89 Å². The molecule has 0 aliphatic carbocycles. The van der Waals surface area contributed by atoms with E-state index in [0.717, 1.165) is 6.07 Å². The van der Waals surface area contributed by atoms with E-state index in [1.54, 1.807) is 24.3 Å². The summed E-state index contributed by atoms with van der Waals surface area (Å²) >= 11 is 0. The molecular weight excluding hydrogens is 323 g/mol. The largest absolute Gasteiger partial charge is 0.434 e. The van der Waals surface area contributed by atoms with E-state index >= 15 is 0 Å². The summed E-state index contributed by atoms with van der Waals surface area (Å²) in [6.45, 7) is 0.211. The summed E-state index contributed by atoms with van der Waals surface area (Å²) in [7, 11) is 0. The Hall–Kier alpha value is -2.87. The maximum Gasteiger partial charge on any atom is 0.434 e. The predicted octanol–water partition coefficient (Wildman–Crippen LogP) is 3.17. The number of halogens is 3. The molecule has 0 bridgehead atoms. The molecule has 5 nitrogen and oxygen atoms in total. The summed E-state index contributed by atoms with van der Waals surface area (Å²) in [6.07, 6.45) is -4.53. The molecule has 2 aromatic carbocycles. The summed E-state index contributed by atoms with van der Waals surface area (Å²) in [5.74, 6) is -0.860. The monoisotopic (exact) mass is 335 g/mol. The third-order valence-electron chi connectivity index (χ3n) is 3.48. The molecule has 0 spiro atoms. The van der Waals surface area contributed by atoms with Gasteiger partial charge in [0.2, 0.25) is 5.89 Å². The van der Waals surface area contributed by atoms with Crippen molar-refractivity contribution in [1.82, 2.24) is 10.2 Å². The van der Waals surface area contributed by atoms with Gasteiger partial charge in [-0.2, -0.15) is 13.2 Å². The Morgan fingerprint density at radius 1 is 1.12 bits per heavy atom. The number of nitrogens with one attached hydrogen (secondary N) is 1. The van der Waals surface area contributed by atoms with Crippen molar-refractivity contribution in [1.29, 1.82) is 0 Å². The van der Waals surface area contributed by atoms with Crippen LogP contribution in [-0.2, 0) is 12.7 Å². The number of hydrogen-bond donors (Lipinski definition) is 2. The maximum atomic E-state index is 13.3. The van der Waals surface area contributed by atoms with Crippen molar-refractivity contribution in [3.63, 3.8) is 0 Å². The molecule has 0 aliphatic rings. The van der Waals surface area contributed by atoms with E-state index in [4.69, 9.17) is 10.2 Å². The summed E-state index contributed by atoms with van der Waals surface area (Å²) in [6, 6.07) is 9.96. The van der Waals surface area contributed by atoms with Crippen molar-refractivity contribution < 1.29 is 17.6 Å². The van der Waals surface area contributed by atoms with Gasteiger partial charge in [0.1, 0.15) is 0 Å². The van der Waals surface area contributed by atoms with E-state index in [1.807, 2.05) is 0 Å². The quantitative estimate of drug-likeness (QED) is 0.770. The molecule has 1 aromatic heterocycles. The van der Waals surface area contributed by atoms with E-state index in [2.05, 4.69) is 10.2 Å². The molecule has 0 radical (unpaired) electrons. The third kappa shape index (κ3) is 3.09. The van der Waals surface area contributed by atoms with Gasteiger partial charge in [0, 0.05) is 12.1 Å². The third-order valence-corrected chi connectivity index (χ3v) is 3.48. The number of alkyl halides is 3. The zero-order chi connectivity index (χ0) is 17.3. The molecule has 3 rings (SSSR count). The maximum absolute atomic E-state index is 13.3. The van der Waals surface area contributed by atoms with Crippen LogP contribution in [-0.4, -0.2) is 10.2 Å². The van der Waals surface area contributed by atoms with Crippen molar-refractivity contribution in [2.75, 3.05) is 0 Å². The molecule has 0 saturated heterocycles. The van der Waals surface area contributed by atoms with Crippen LogP contribution < -0.4 is 11.5 Å². The fraction of sp³-hybridized carbons (Fsp3) is 0.125. The van der Waals surface area contributed by atoms with Gasteiger partial charge in [0.15, 0.2) is 0 Å². The van der Waals surface area contributed by atoms with Crippen molar-refractivity contribution >= 4 is 0 Å². The SMILES string of the molecule is NCc1cccc(-c2cc(-c3n[nH]c(=O)o3)ccc2C(F)(F)F)c1. The van der Waals surface area contributed by atoms with E-state index in [9.17, 15) is 18.0 Å². The second kappa shape index (κ2) is 5.97. The van der Waals surface area contributed by atoms with Crippen LogP contribution in [0.25, 0.3) is 22.6 Å². The second-order valence-corrected chi connectivity index (χ2v) is 5.08. The zero-order valence-electron chi connectivity index (χ0n) is 12.2. The summed E-state index contributed by atoms with van der Waals surface area (Å²) in [5, 5.41) is 5.72. The summed E-state index contributed by atoms with van der Waals surface area (Å²) < 4.78 is 44.8. The number of aromatic nitrogens is 2. The molecule has 1 heterocycles. The number of aromatic amines is 1. The average molecular weight is 335 g/mol. The van der Waals surface area contributed by atoms with Crippen LogP contribution in [0.1, 0.15) is 11.1 Å². The number of nitrogens with two attached hydrogens (primary N) is 1. The minimum absolute atomic E-state index is 0.0408. The summed E-state index contributed by atoms with van der Waals surface area (Å²) in [5.41, 5.74) is 6.05. The van der Waals surface area contributed by atoms with E-state index in [1.165, 1.54) is 12.1 Å².